The Hall–Kier alpha value is -2.92. The van der Waals surface area contributed by atoms with E-state index < -0.39 is 17.6 Å². The van der Waals surface area contributed by atoms with Gasteiger partial charge < -0.3 is 9.80 Å². The molecule has 28 heavy (non-hydrogen) atoms. The number of benzene rings is 2. The van der Waals surface area contributed by atoms with E-state index in [2.05, 4.69) is 0 Å². The summed E-state index contributed by atoms with van der Waals surface area (Å²) in [6.07, 6.45) is -4.34. The molecule has 4 nitrogen and oxygen atoms in total. The molecule has 2 aromatic rings. The molecule has 0 aliphatic rings. The van der Waals surface area contributed by atoms with Gasteiger partial charge in [-0.1, -0.05) is 24.3 Å². The second-order valence-corrected chi connectivity index (χ2v) is 6.41. The maximum atomic E-state index is 14.1. The maximum absolute atomic E-state index is 14.1. The highest BCUT2D eigenvalue weighted by atomic mass is 19.4. The normalized spacial score (nSPS) is 12.3. The summed E-state index contributed by atoms with van der Waals surface area (Å²) in [5.41, 5.74) is 0.0186. The molecule has 0 spiro atoms. The van der Waals surface area contributed by atoms with Crippen molar-refractivity contribution >= 4 is 11.6 Å². The first-order valence-electron chi connectivity index (χ1n) is 8.61. The number of nitrogens with one attached hydrogen (secondary N) is 1. The molecule has 1 unspecified atom stereocenters. The number of rotatable bonds is 7. The quantitative estimate of drug-likeness (QED) is 0.735. The summed E-state index contributed by atoms with van der Waals surface area (Å²) in [6, 6.07) is 12.5. The highest BCUT2D eigenvalue weighted by molar-refractivity contribution is 5.94. The fraction of sp³-hybridized carbons (Fsp3) is 0.300. The lowest BCUT2D eigenvalue weighted by Gasteiger charge is -2.24. The lowest BCUT2D eigenvalue weighted by Crippen LogP contribution is -3.09. The second kappa shape index (κ2) is 9.33. The number of nitrogens with zero attached hydrogens (tertiary/aromatic N) is 2. The van der Waals surface area contributed by atoms with Crippen LogP contribution in [0.25, 0.3) is 0 Å². The van der Waals surface area contributed by atoms with Crippen LogP contribution in [-0.4, -0.2) is 26.0 Å². The van der Waals surface area contributed by atoms with Gasteiger partial charge in [0.25, 0.3) is 5.91 Å². The number of carbonyl (C=O) groups is 1. The fourth-order valence-corrected chi connectivity index (χ4v) is 2.79. The summed E-state index contributed by atoms with van der Waals surface area (Å²) in [5, 5.41) is 8.80. The number of hydrogen-bond acceptors (Lipinski definition) is 2. The first kappa shape index (κ1) is 21.4. The summed E-state index contributed by atoms with van der Waals surface area (Å²) >= 11 is 0. The topological polar surface area (TPSA) is 48.5 Å². The summed E-state index contributed by atoms with van der Waals surface area (Å²) in [5.74, 6) is -0.932. The molecule has 8 heteroatoms. The van der Waals surface area contributed by atoms with Crippen molar-refractivity contribution < 1.29 is 27.3 Å². The molecule has 0 fully saturated rings. The van der Waals surface area contributed by atoms with Crippen molar-refractivity contribution in [2.24, 2.45) is 0 Å². The van der Waals surface area contributed by atoms with Gasteiger partial charge in [-0.3, -0.25) is 4.79 Å². The summed E-state index contributed by atoms with van der Waals surface area (Å²) in [6.45, 7) is 0.387. The zero-order valence-electron chi connectivity index (χ0n) is 15.3. The van der Waals surface area contributed by atoms with Crippen LogP contribution in [0.5, 0.6) is 0 Å². The van der Waals surface area contributed by atoms with Crippen LogP contribution in [-0.2, 0) is 17.5 Å². The van der Waals surface area contributed by atoms with Crippen molar-refractivity contribution in [3.8, 4) is 6.07 Å². The molecule has 148 valence electrons. The third-order valence-electron chi connectivity index (χ3n) is 4.13. The van der Waals surface area contributed by atoms with E-state index in [0.717, 1.165) is 17.0 Å². The average molecular weight is 394 g/mol. The Labute approximate surface area is 160 Å². The van der Waals surface area contributed by atoms with E-state index in [1.54, 1.807) is 13.1 Å². The van der Waals surface area contributed by atoms with Crippen molar-refractivity contribution in [2.45, 2.75) is 19.1 Å². The molecule has 0 radical (unpaired) electrons. The average Bonchev–Trinajstić information content (AvgIpc) is 2.63. The Bertz CT molecular complexity index is 844. The Morgan fingerprint density at radius 1 is 1.14 bits per heavy atom. The Balaban J connectivity index is 2.06. The van der Waals surface area contributed by atoms with E-state index in [4.69, 9.17) is 5.26 Å². The molecular formula is C20H20F4N3O+. The zero-order valence-corrected chi connectivity index (χ0v) is 15.3. The van der Waals surface area contributed by atoms with Gasteiger partial charge in [-0.2, -0.15) is 18.4 Å². The van der Waals surface area contributed by atoms with Crippen LogP contribution in [0, 0.1) is 17.1 Å². The molecule has 0 aromatic heterocycles. The maximum Gasteiger partial charge on any atom is 0.416 e. The lowest BCUT2D eigenvalue weighted by atomic mass is 10.1. The number of likely N-dealkylation sites (N-methyl/N-ethyl adjacent to an activating group) is 1. The van der Waals surface area contributed by atoms with Gasteiger partial charge in [-0.15, -0.1) is 0 Å². The number of para-hydroxylation sites is 1. The first-order chi connectivity index (χ1) is 13.2. The minimum Gasteiger partial charge on any atom is -0.326 e. The molecule has 0 bridgehead atoms. The predicted molar refractivity (Wildman–Crippen MR) is 95.9 cm³/mol. The van der Waals surface area contributed by atoms with Crippen molar-refractivity contribution in [3.05, 3.63) is 65.5 Å². The molecular weight excluding hydrogens is 374 g/mol. The van der Waals surface area contributed by atoms with E-state index in [1.165, 1.54) is 35.2 Å². The number of hydrogen-bond donors (Lipinski definition) is 1. The van der Waals surface area contributed by atoms with Crippen LogP contribution in [0.2, 0.25) is 0 Å². The number of quaternary nitrogens is 1. The van der Waals surface area contributed by atoms with Gasteiger partial charge in [0, 0.05) is 12.1 Å². The minimum atomic E-state index is -4.39. The van der Waals surface area contributed by atoms with E-state index in [-0.39, 0.29) is 31.1 Å². The van der Waals surface area contributed by atoms with Gasteiger partial charge in [0.05, 0.1) is 30.8 Å². The Kier molecular flexibility index (Phi) is 7.12. The Morgan fingerprint density at radius 3 is 2.36 bits per heavy atom. The summed E-state index contributed by atoms with van der Waals surface area (Å²) in [7, 11) is 1.72. The van der Waals surface area contributed by atoms with E-state index in [9.17, 15) is 22.4 Å². The molecule has 2 aromatic carbocycles. The third kappa shape index (κ3) is 5.79. The minimum absolute atomic E-state index is 0.000779. The van der Waals surface area contributed by atoms with Gasteiger partial charge in [-0.05, 0) is 24.3 Å². The SMILES string of the molecule is C[NH+](CC(=O)N(CCC#N)c1ccccc1F)Cc1ccc(C(F)(F)F)cc1. The number of amides is 1. The zero-order chi connectivity index (χ0) is 20.7. The highest BCUT2D eigenvalue weighted by Crippen LogP contribution is 2.29. The second-order valence-electron chi connectivity index (χ2n) is 6.41. The summed E-state index contributed by atoms with van der Waals surface area (Å²) in [4.78, 5) is 14.6. The number of carbonyl (C=O) groups excluding carboxylic acids is 1. The van der Waals surface area contributed by atoms with Gasteiger partial charge >= 0.3 is 6.18 Å². The summed E-state index contributed by atoms with van der Waals surface area (Å²) < 4.78 is 52.0. The van der Waals surface area contributed by atoms with Crippen molar-refractivity contribution in [1.29, 1.82) is 5.26 Å². The van der Waals surface area contributed by atoms with Crippen LogP contribution in [0.15, 0.2) is 48.5 Å². The first-order valence-corrected chi connectivity index (χ1v) is 8.61. The lowest BCUT2D eigenvalue weighted by molar-refractivity contribution is -0.885. The van der Waals surface area contributed by atoms with Gasteiger partial charge in [-0.25, -0.2) is 4.39 Å². The Morgan fingerprint density at radius 2 is 1.79 bits per heavy atom. The fourth-order valence-electron chi connectivity index (χ4n) is 2.79. The monoisotopic (exact) mass is 394 g/mol. The number of nitriles is 1. The highest BCUT2D eigenvalue weighted by Gasteiger charge is 2.30. The molecule has 0 heterocycles. The molecule has 1 atom stereocenters. The van der Waals surface area contributed by atoms with Crippen LogP contribution >= 0.6 is 0 Å². The molecule has 0 saturated heterocycles. The molecule has 0 aliphatic carbocycles. The molecule has 1 N–H and O–H groups in total. The molecule has 0 aliphatic heterocycles. The smallest absolute Gasteiger partial charge is 0.326 e. The number of anilines is 1. The van der Waals surface area contributed by atoms with E-state index in [1.807, 2.05) is 6.07 Å². The van der Waals surface area contributed by atoms with Crippen LogP contribution < -0.4 is 9.80 Å². The predicted octanol–water partition coefficient (Wildman–Crippen LogP) is 2.81. The van der Waals surface area contributed by atoms with Crippen molar-refractivity contribution in [3.63, 3.8) is 0 Å². The van der Waals surface area contributed by atoms with Crippen LogP contribution in [0.4, 0.5) is 23.2 Å². The van der Waals surface area contributed by atoms with Crippen LogP contribution in [0.1, 0.15) is 17.5 Å². The van der Waals surface area contributed by atoms with Gasteiger partial charge in [0.1, 0.15) is 12.4 Å². The van der Waals surface area contributed by atoms with E-state index in [0.29, 0.717) is 12.1 Å². The van der Waals surface area contributed by atoms with Crippen LogP contribution in [0.3, 0.4) is 0 Å². The van der Waals surface area contributed by atoms with Crippen molar-refractivity contribution in [2.75, 3.05) is 25.0 Å². The molecule has 0 saturated carbocycles. The molecule has 1 amide bonds. The van der Waals surface area contributed by atoms with Gasteiger partial charge in [0.2, 0.25) is 0 Å². The van der Waals surface area contributed by atoms with E-state index >= 15 is 0 Å². The third-order valence-corrected chi connectivity index (χ3v) is 4.13. The molecule has 2 rings (SSSR count). The standard InChI is InChI=1S/C20H19F4N3O/c1-26(13-15-7-9-16(10-8-15)20(22,23)24)14-19(28)27(12-4-11-25)18-6-3-2-5-17(18)21/h2-3,5-10H,4,12-14H2,1H3/p+1. The number of alkyl halides is 3. The van der Waals surface area contributed by atoms with Crippen molar-refractivity contribution in [1.82, 2.24) is 0 Å². The number of halogens is 4. The largest absolute Gasteiger partial charge is 0.416 e. The van der Waals surface area contributed by atoms with Gasteiger partial charge in [0.15, 0.2) is 6.54 Å².